The van der Waals surface area contributed by atoms with Crippen molar-refractivity contribution in [2.24, 2.45) is 10.8 Å². The number of thiophene rings is 1. The summed E-state index contributed by atoms with van der Waals surface area (Å²) in [6.45, 7) is 10.5. The van der Waals surface area contributed by atoms with Crippen molar-refractivity contribution >= 4 is 54.5 Å². The lowest BCUT2D eigenvalue weighted by atomic mass is 9.41. The van der Waals surface area contributed by atoms with Gasteiger partial charge in [0.25, 0.3) is 0 Å². The van der Waals surface area contributed by atoms with E-state index in [-0.39, 0.29) is 0 Å². The second kappa shape index (κ2) is 5.85. The van der Waals surface area contributed by atoms with Crippen LogP contribution in [0.1, 0.15) is 34.1 Å². The molecule has 0 nitrogen and oxygen atoms in total. The summed E-state index contributed by atoms with van der Waals surface area (Å²) in [6.07, 6.45) is 3.86. The lowest BCUT2D eigenvalue weighted by Crippen LogP contribution is -2.29. The Labute approximate surface area is 166 Å². The van der Waals surface area contributed by atoms with Crippen molar-refractivity contribution in [3.05, 3.63) is 54.6 Å². The summed E-state index contributed by atoms with van der Waals surface area (Å²) < 4.78 is 2.85. The first-order valence-corrected chi connectivity index (χ1v) is 11.1. The smallest absolute Gasteiger partial charge is 0.135 e. The van der Waals surface area contributed by atoms with Crippen molar-refractivity contribution in [3.63, 3.8) is 0 Å². The van der Waals surface area contributed by atoms with E-state index in [0.29, 0.717) is 17.5 Å². The summed E-state index contributed by atoms with van der Waals surface area (Å²) >= 11 is 1.96. The molecule has 1 atom stereocenters. The summed E-state index contributed by atoms with van der Waals surface area (Å²) in [6, 6.07) is 20.5. The zero-order valence-electron chi connectivity index (χ0n) is 16.8. The normalized spacial score (nSPS) is 22.3. The summed E-state index contributed by atoms with van der Waals surface area (Å²) in [4.78, 5) is 0. The highest BCUT2D eigenvalue weighted by Crippen LogP contribution is 2.55. The molecule has 0 N–H and O–H groups in total. The van der Waals surface area contributed by atoms with E-state index >= 15 is 0 Å². The van der Waals surface area contributed by atoms with Gasteiger partial charge < -0.3 is 0 Å². The molecule has 4 aromatic rings. The molecule has 0 radical (unpaired) electrons. The summed E-state index contributed by atoms with van der Waals surface area (Å²) in [7, 11) is 0. The van der Waals surface area contributed by atoms with E-state index in [1.807, 2.05) is 11.3 Å². The number of hydrogen-bond acceptors (Lipinski definition) is 1. The molecule has 0 spiro atoms. The SMILES string of the molecule is CCC1(C)CB(c2cc3sc4ccccc4c3c3ccccc23)CC1(C)C. The fraction of sp³-hybridized carbons (Fsp3) is 0.360. The van der Waals surface area contributed by atoms with Crippen molar-refractivity contribution < 1.29 is 0 Å². The maximum atomic E-state index is 2.53. The van der Waals surface area contributed by atoms with Crippen LogP contribution in [0.4, 0.5) is 0 Å². The minimum absolute atomic E-state index is 0.392. The lowest BCUT2D eigenvalue weighted by molar-refractivity contribution is 0.146. The van der Waals surface area contributed by atoms with Crippen LogP contribution in [-0.4, -0.2) is 6.71 Å². The second-order valence-electron chi connectivity index (χ2n) is 9.39. The van der Waals surface area contributed by atoms with E-state index in [0.717, 1.165) is 0 Å². The molecule has 136 valence electrons. The van der Waals surface area contributed by atoms with Crippen LogP contribution in [0.15, 0.2) is 54.6 Å². The van der Waals surface area contributed by atoms with E-state index in [1.54, 1.807) is 5.46 Å². The van der Waals surface area contributed by atoms with E-state index in [1.165, 1.54) is 50.0 Å². The van der Waals surface area contributed by atoms with Gasteiger partial charge in [0.05, 0.1) is 0 Å². The third kappa shape index (κ3) is 2.42. The zero-order chi connectivity index (χ0) is 18.8. The van der Waals surface area contributed by atoms with Gasteiger partial charge in [0.1, 0.15) is 0 Å². The van der Waals surface area contributed by atoms with Crippen molar-refractivity contribution in [2.45, 2.75) is 46.8 Å². The van der Waals surface area contributed by atoms with Crippen LogP contribution >= 0.6 is 11.3 Å². The predicted octanol–water partition coefficient (Wildman–Crippen LogP) is 7.37. The highest BCUT2D eigenvalue weighted by Gasteiger charge is 2.50. The van der Waals surface area contributed by atoms with Crippen molar-refractivity contribution in [1.29, 1.82) is 0 Å². The molecule has 0 amide bonds. The van der Waals surface area contributed by atoms with Crippen LogP contribution in [-0.2, 0) is 0 Å². The van der Waals surface area contributed by atoms with Crippen LogP contribution in [0.2, 0.25) is 12.6 Å². The van der Waals surface area contributed by atoms with Crippen LogP contribution < -0.4 is 5.46 Å². The van der Waals surface area contributed by atoms with Gasteiger partial charge in [0.15, 0.2) is 6.71 Å². The monoisotopic (exact) mass is 370 g/mol. The third-order valence-electron chi connectivity index (χ3n) is 7.72. The Morgan fingerprint density at radius 2 is 1.52 bits per heavy atom. The first-order chi connectivity index (χ1) is 12.9. The molecule has 2 heterocycles. The van der Waals surface area contributed by atoms with Gasteiger partial charge in [-0.15, -0.1) is 11.3 Å². The molecule has 5 rings (SSSR count). The molecular weight excluding hydrogens is 343 g/mol. The summed E-state index contributed by atoms with van der Waals surface area (Å²) in [5.41, 5.74) is 2.39. The molecular formula is C25H27BS. The summed E-state index contributed by atoms with van der Waals surface area (Å²) in [5.74, 6) is 0. The van der Waals surface area contributed by atoms with E-state index in [4.69, 9.17) is 0 Å². The minimum Gasteiger partial charge on any atom is -0.135 e. The average molecular weight is 370 g/mol. The Morgan fingerprint density at radius 1 is 0.852 bits per heavy atom. The van der Waals surface area contributed by atoms with Gasteiger partial charge in [-0.05, 0) is 33.7 Å². The number of benzene rings is 3. The molecule has 27 heavy (non-hydrogen) atoms. The Balaban J connectivity index is 1.79. The van der Waals surface area contributed by atoms with Crippen LogP contribution in [0.25, 0.3) is 30.9 Å². The van der Waals surface area contributed by atoms with Crippen LogP contribution in [0.5, 0.6) is 0 Å². The molecule has 2 heteroatoms. The number of rotatable bonds is 2. The van der Waals surface area contributed by atoms with Gasteiger partial charge >= 0.3 is 0 Å². The van der Waals surface area contributed by atoms with Gasteiger partial charge in [-0.3, -0.25) is 0 Å². The quantitative estimate of drug-likeness (QED) is 0.323. The maximum absolute atomic E-state index is 2.53. The molecule has 1 aliphatic heterocycles. The lowest BCUT2D eigenvalue weighted by Gasteiger charge is -2.38. The minimum atomic E-state index is 0.392. The fourth-order valence-corrected chi connectivity index (χ4v) is 6.72. The average Bonchev–Trinajstić information content (AvgIpc) is 3.16. The Bertz CT molecular complexity index is 1170. The highest BCUT2D eigenvalue weighted by molar-refractivity contribution is 7.26. The first kappa shape index (κ1) is 17.3. The van der Waals surface area contributed by atoms with Gasteiger partial charge in [0, 0.05) is 20.2 Å². The number of fused-ring (bicyclic) bond motifs is 5. The highest BCUT2D eigenvalue weighted by atomic mass is 32.1. The first-order valence-electron chi connectivity index (χ1n) is 10.3. The van der Waals surface area contributed by atoms with Gasteiger partial charge in [-0.1, -0.05) is 94.7 Å². The predicted molar refractivity (Wildman–Crippen MR) is 124 cm³/mol. The van der Waals surface area contributed by atoms with E-state index in [2.05, 4.69) is 82.3 Å². The van der Waals surface area contributed by atoms with E-state index < -0.39 is 0 Å². The van der Waals surface area contributed by atoms with Crippen LogP contribution in [0.3, 0.4) is 0 Å². The molecule has 3 aromatic carbocycles. The topological polar surface area (TPSA) is 0 Å². The van der Waals surface area contributed by atoms with Crippen molar-refractivity contribution in [2.75, 3.05) is 0 Å². The Morgan fingerprint density at radius 3 is 2.22 bits per heavy atom. The molecule has 1 aliphatic rings. The molecule has 1 unspecified atom stereocenters. The largest absolute Gasteiger partial charge is 0.177 e. The van der Waals surface area contributed by atoms with Crippen LogP contribution in [0, 0.1) is 10.8 Å². The van der Waals surface area contributed by atoms with Gasteiger partial charge in [0.2, 0.25) is 0 Å². The standard InChI is InChI=1S/C25H27BS/c1-5-25(4)16-26(15-24(25,2)3)20-14-22-23(18-11-7-6-10-17(18)20)19-12-8-9-13-21(19)27-22/h6-14H,5,15-16H2,1-4H3. The fourth-order valence-electron chi connectivity index (χ4n) is 5.55. The summed E-state index contributed by atoms with van der Waals surface area (Å²) in [5, 5.41) is 5.76. The molecule has 1 fully saturated rings. The molecule has 0 aliphatic carbocycles. The van der Waals surface area contributed by atoms with Crippen molar-refractivity contribution in [3.8, 4) is 0 Å². The zero-order valence-corrected chi connectivity index (χ0v) is 17.6. The molecule has 0 saturated carbocycles. The molecule has 1 saturated heterocycles. The number of hydrogen-bond donors (Lipinski definition) is 0. The van der Waals surface area contributed by atoms with E-state index in [9.17, 15) is 0 Å². The second-order valence-corrected chi connectivity index (χ2v) is 10.5. The van der Waals surface area contributed by atoms with Crippen molar-refractivity contribution in [1.82, 2.24) is 0 Å². The van der Waals surface area contributed by atoms with Gasteiger partial charge in [-0.2, -0.15) is 0 Å². The Hall–Kier alpha value is -1.80. The third-order valence-corrected chi connectivity index (χ3v) is 8.84. The maximum Gasteiger partial charge on any atom is 0.177 e. The molecule has 0 bridgehead atoms. The van der Waals surface area contributed by atoms with Gasteiger partial charge in [-0.25, -0.2) is 0 Å². The Kier molecular flexibility index (Phi) is 3.75. The molecule has 1 aromatic heterocycles.